The van der Waals surface area contributed by atoms with E-state index in [9.17, 15) is 18.0 Å². The van der Waals surface area contributed by atoms with Crippen LogP contribution in [0.15, 0.2) is 36.4 Å². The molecule has 0 spiro atoms. The molecule has 0 unspecified atom stereocenters. The molecule has 0 aliphatic carbocycles. The third-order valence-corrected chi connectivity index (χ3v) is 7.96. The molecule has 0 saturated carbocycles. The summed E-state index contributed by atoms with van der Waals surface area (Å²) in [7, 11) is -2.34. The van der Waals surface area contributed by atoms with Crippen LogP contribution in [0.25, 0.3) is 0 Å². The van der Waals surface area contributed by atoms with Crippen LogP contribution in [0.4, 0.5) is 5.69 Å². The van der Waals surface area contributed by atoms with Gasteiger partial charge in [0.05, 0.1) is 29.1 Å². The molecule has 2 aromatic rings. The van der Waals surface area contributed by atoms with Crippen molar-refractivity contribution in [3.05, 3.63) is 62.6 Å². The number of carbonyl (C=O) groups is 2. The van der Waals surface area contributed by atoms with Crippen molar-refractivity contribution in [2.45, 2.75) is 18.6 Å². The maximum Gasteiger partial charge on any atom is 0.337 e. The molecule has 1 saturated heterocycles. The quantitative estimate of drug-likeness (QED) is 0.563. The smallest absolute Gasteiger partial charge is 0.337 e. The van der Waals surface area contributed by atoms with Gasteiger partial charge in [-0.3, -0.25) is 4.79 Å². The number of methoxy groups -OCH3 is 1. The number of amides is 1. The lowest BCUT2D eigenvalue weighted by molar-refractivity contribution is -0.120. The van der Waals surface area contributed by atoms with Crippen LogP contribution in [0, 0.1) is 5.92 Å². The SMILES string of the molecule is COC(=O)c1ccc(Cl)c(NC(=O)C2CCN(S(=O)(=O)Cc3ccc(Cl)cc3Cl)CC2)c1. The minimum atomic E-state index is -3.60. The Morgan fingerprint density at radius 3 is 2.38 bits per heavy atom. The van der Waals surface area contributed by atoms with Crippen LogP contribution in [0.2, 0.25) is 15.1 Å². The first-order valence-corrected chi connectivity index (χ1v) is 12.5. The van der Waals surface area contributed by atoms with Crippen LogP contribution in [0.3, 0.4) is 0 Å². The van der Waals surface area contributed by atoms with Crippen LogP contribution >= 0.6 is 34.8 Å². The zero-order valence-electron chi connectivity index (χ0n) is 17.1. The second-order valence-electron chi connectivity index (χ2n) is 7.34. The summed E-state index contributed by atoms with van der Waals surface area (Å²) < 4.78 is 31.7. The largest absolute Gasteiger partial charge is 0.465 e. The first-order valence-electron chi connectivity index (χ1n) is 9.71. The molecular weight excluding hydrogens is 499 g/mol. The van der Waals surface area contributed by atoms with Crippen molar-refractivity contribution in [2.75, 3.05) is 25.5 Å². The number of halogens is 3. The highest BCUT2D eigenvalue weighted by atomic mass is 35.5. The van der Waals surface area contributed by atoms with Crippen LogP contribution in [0.5, 0.6) is 0 Å². The lowest BCUT2D eigenvalue weighted by Crippen LogP contribution is -2.41. The molecule has 172 valence electrons. The Morgan fingerprint density at radius 1 is 1.06 bits per heavy atom. The van der Waals surface area contributed by atoms with Crippen molar-refractivity contribution < 1.29 is 22.7 Å². The van der Waals surface area contributed by atoms with E-state index in [1.807, 2.05) is 0 Å². The third-order valence-electron chi connectivity index (χ3n) is 5.22. The molecular formula is C21H21Cl3N2O5S. The molecule has 1 amide bonds. The predicted molar refractivity (Wildman–Crippen MR) is 125 cm³/mol. The molecule has 0 bridgehead atoms. The number of carbonyl (C=O) groups excluding carboxylic acids is 2. The number of sulfonamides is 1. The minimum absolute atomic E-state index is 0.210. The van der Waals surface area contributed by atoms with Gasteiger partial charge in [-0.25, -0.2) is 17.5 Å². The van der Waals surface area contributed by atoms with E-state index in [2.05, 4.69) is 10.1 Å². The summed E-state index contributed by atoms with van der Waals surface area (Å²) in [6.07, 6.45) is 0.710. The summed E-state index contributed by atoms with van der Waals surface area (Å²) in [5.41, 5.74) is 1.03. The summed E-state index contributed by atoms with van der Waals surface area (Å²) in [4.78, 5) is 24.4. The van der Waals surface area contributed by atoms with Crippen molar-refractivity contribution in [1.82, 2.24) is 4.31 Å². The molecule has 1 aliphatic rings. The first kappa shape index (κ1) is 24.8. The predicted octanol–water partition coefficient (Wildman–Crippen LogP) is 4.61. The Labute approximate surface area is 201 Å². The number of nitrogens with zero attached hydrogens (tertiary/aromatic N) is 1. The molecule has 1 N–H and O–H groups in total. The van der Waals surface area contributed by atoms with Crippen molar-refractivity contribution in [2.24, 2.45) is 5.92 Å². The fourth-order valence-corrected chi connectivity index (χ4v) is 5.74. The van der Waals surface area contributed by atoms with E-state index in [1.165, 1.54) is 35.7 Å². The van der Waals surface area contributed by atoms with Gasteiger partial charge in [-0.05, 0) is 48.7 Å². The highest BCUT2D eigenvalue weighted by molar-refractivity contribution is 7.88. The normalized spacial score (nSPS) is 15.4. The molecule has 11 heteroatoms. The average molecular weight is 520 g/mol. The second-order valence-corrected chi connectivity index (χ2v) is 10.6. The highest BCUT2D eigenvalue weighted by Gasteiger charge is 2.32. The number of nitrogens with one attached hydrogen (secondary N) is 1. The fourth-order valence-electron chi connectivity index (χ4n) is 3.42. The molecule has 0 aromatic heterocycles. The Bertz CT molecular complexity index is 1130. The van der Waals surface area contributed by atoms with Gasteiger partial charge in [0, 0.05) is 29.1 Å². The van der Waals surface area contributed by atoms with E-state index in [-0.39, 0.29) is 35.3 Å². The Hall–Kier alpha value is -1.84. The van der Waals surface area contributed by atoms with Gasteiger partial charge >= 0.3 is 5.97 Å². The van der Waals surface area contributed by atoms with Crippen LogP contribution in [0.1, 0.15) is 28.8 Å². The van der Waals surface area contributed by atoms with Gasteiger partial charge in [-0.2, -0.15) is 0 Å². The van der Waals surface area contributed by atoms with E-state index >= 15 is 0 Å². The van der Waals surface area contributed by atoms with Crippen LogP contribution in [-0.4, -0.2) is 44.8 Å². The lowest BCUT2D eigenvalue weighted by Gasteiger charge is -2.30. The van der Waals surface area contributed by atoms with Crippen molar-refractivity contribution in [3.8, 4) is 0 Å². The number of piperidine rings is 1. The van der Waals surface area contributed by atoms with Crippen LogP contribution in [-0.2, 0) is 25.3 Å². The van der Waals surface area contributed by atoms with Gasteiger partial charge in [0.15, 0.2) is 0 Å². The molecule has 3 rings (SSSR count). The van der Waals surface area contributed by atoms with E-state index in [0.717, 1.165) is 0 Å². The molecule has 2 aromatic carbocycles. The molecule has 0 atom stereocenters. The molecule has 1 fully saturated rings. The summed E-state index contributed by atoms with van der Waals surface area (Å²) in [6.45, 7) is 0.420. The summed E-state index contributed by atoms with van der Waals surface area (Å²) in [5.74, 6) is -1.46. The van der Waals surface area contributed by atoms with Crippen LogP contribution < -0.4 is 5.32 Å². The Morgan fingerprint density at radius 2 is 1.75 bits per heavy atom. The molecule has 7 nitrogen and oxygen atoms in total. The average Bonchev–Trinajstić information content (AvgIpc) is 2.76. The Kier molecular flexibility index (Phi) is 8.06. The maximum atomic E-state index is 12.8. The van der Waals surface area contributed by atoms with E-state index in [1.54, 1.807) is 12.1 Å². The maximum absolute atomic E-state index is 12.8. The standard InChI is InChI=1S/C21H21Cl3N2O5S/c1-31-21(28)14-3-5-17(23)19(10-14)25-20(27)13-6-8-26(9-7-13)32(29,30)12-15-2-4-16(22)11-18(15)24/h2-5,10-11,13H,6-9,12H2,1H3,(H,25,27). The van der Waals surface area contributed by atoms with Crippen molar-refractivity contribution >= 4 is 62.4 Å². The zero-order valence-corrected chi connectivity index (χ0v) is 20.2. The van der Waals surface area contributed by atoms with Gasteiger partial charge < -0.3 is 10.1 Å². The minimum Gasteiger partial charge on any atom is -0.465 e. The van der Waals surface area contributed by atoms with E-state index < -0.39 is 21.9 Å². The van der Waals surface area contributed by atoms with E-state index in [0.29, 0.717) is 34.1 Å². The third kappa shape index (κ3) is 5.94. The van der Waals surface area contributed by atoms with Gasteiger partial charge in [-0.15, -0.1) is 0 Å². The second kappa shape index (κ2) is 10.4. The molecule has 1 heterocycles. The summed E-state index contributed by atoms with van der Waals surface area (Å²) in [5, 5.41) is 3.74. The lowest BCUT2D eigenvalue weighted by atomic mass is 9.97. The van der Waals surface area contributed by atoms with Gasteiger partial charge in [0.2, 0.25) is 15.9 Å². The summed E-state index contributed by atoms with van der Waals surface area (Å²) in [6, 6.07) is 9.14. The summed E-state index contributed by atoms with van der Waals surface area (Å²) >= 11 is 18.1. The topological polar surface area (TPSA) is 92.8 Å². The van der Waals surface area contributed by atoms with Crippen molar-refractivity contribution in [3.63, 3.8) is 0 Å². The number of esters is 1. The van der Waals surface area contributed by atoms with E-state index in [4.69, 9.17) is 34.8 Å². The Balaban J connectivity index is 1.61. The zero-order chi connectivity index (χ0) is 23.5. The molecule has 32 heavy (non-hydrogen) atoms. The van der Waals surface area contributed by atoms with Crippen molar-refractivity contribution in [1.29, 1.82) is 0 Å². The fraction of sp³-hybridized carbons (Fsp3) is 0.333. The molecule has 1 aliphatic heterocycles. The number of benzene rings is 2. The first-order chi connectivity index (χ1) is 15.1. The van der Waals surface area contributed by atoms with Gasteiger partial charge in [0.25, 0.3) is 0 Å². The number of ether oxygens (including phenoxy) is 1. The number of anilines is 1. The molecule has 0 radical (unpaired) electrons. The van der Waals surface area contributed by atoms with Gasteiger partial charge in [-0.1, -0.05) is 40.9 Å². The number of hydrogen-bond donors (Lipinski definition) is 1. The number of rotatable bonds is 6. The van der Waals surface area contributed by atoms with Gasteiger partial charge in [0.1, 0.15) is 0 Å². The number of hydrogen-bond acceptors (Lipinski definition) is 5. The monoisotopic (exact) mass is 518 g/mol. The highest BCUT2D eigenvalue weighted by Crippen LogP contribution is 2.28.